The Balaban J connectivity index is 0.00000196. The van der Waals surface area contributed by atoms with Gasteiger partial charge in [0.1, 0.15) is 0 Å². The number of hydrogen-bond donors (Lipinski definition) is 2. The molecule has 0 saturated heterocycles. The molecule has 0 aliphatic heterocycles. The van der Waals surface area contributed by atoms with Gasteiger partial charge in [0.2, 0.25) is 0 Å². The average Bonchev–Trinajstić information content (AvgIpc) is 2.69. The number of nitrogens with one attached hydrogen (secondary N) is 2. The van der Waals surface area contributed by atoms with Gasteiger partial charge in [-0.15, -0.1) is 24.0 Å². The highest BCUT2D eigenvalue weighted by atomic mass is 127. The molecule has 1 saturated carbocycles. The van der Waals surface area contributed by atoms with Gasteiger partial charge in [-0.3, -0.25) is 4.99 Å². The first-order chi connectivity index (χ1) is 6.86. The van der Waals surface area contributed by atoms with E-state index >= 15 is 0 Å². The molecule has 90 valence electrons. The molecule has 1 aliphatic rings. The third-order valence-electron chi connectivity index (χ3n) is 2.52. The van der Waals surface area contributed by atoms with Crippen LogP contribution in [0.5, 0.6) is 0 Å². The Morgan fingerprint density at radius 2 is 2.07 bits per heavy atom. The molecule has 0 amide bonds. The Morgan fingerprint density at radius 1 is 1.40 bits per heavy atom. The van der Waals surface area contributed by atoms with Crippen molar-refractivity contribution in [3.63, 3.8) is 0 Å². The molecule has 1 rings (SSSR count). The molecular formula is C10H22IN3S. The van der Waals surface area contributed by atoms with Crippen LogP contribution in [0.3, 0.4) is 0 Å². The first kappa shape index (κ1) is 15.3. The Kier molecular flexibility index (Phi) is 9.79. The number of nitrogens with zero attached hydrogens (tertiary/aromatic N) is 1. The summed E-state index contributed by atoms with van der Waals surface area (Å²) in [6.07, 6.45) is 7.43. The summed E-state index contributed by atoms with van der Waals surface area (Å²) < 4.78 is 0. The fourth-order valence-corrected chi connectivity index (χ4v) is 2.04. The molecule has 5 heteroatoms. The van der Waals surface area contributed by atoms with Gasteiger partial charge in [-0.2, -0.15) is 11.8 Å². The molecule has 1 fully saturated rings. The molecule has 0 bridgehead atoms. The van der Waals surface area contributed by atoms with Crippen molar-refractivity contribution in [3.05, 3.63) is 0 Å². The maximum Gasteiger partial charge on any atom is 0.191 e. The molecule has 0 heterocycles. The Bertz CT molecular complexity index is 182. The predicted molar refractivity (Wildman–Crippen MR) is 80.6 cm³/mol. The average molecular weight is 343 g/mol. The van der Waals surface area contributed by atoms with Gasteiger partial charge >= 0.3 is 0 Å². The van der Waals surface area contributed by atoms with E-state index in [4.69, 9.17) is 0 Å². The van der Waals surface area contributed by atoms with Crippen LogP contribution < -0.4 is 10.6 Å². The number of hydrogen-bond acceptors (Lipinski definition) is 2. The monoisotopic (exact) mass is 343 g/mol. The van der Waals surface area contributed by atoms with Crippen LogP contribution in [0.2, 0.25) is 0 Å². The van der Waals surface area contributed by atoms with Gasteiger partial charge in [-0.05, 0) is 19.1 Å². The molecular weight excluding hydrogens is 321 g/mol. The van der Waals surface area contributed by atoms with Crippen LogP contribution >= 0.6 is 35.7 Å². The Morgan fingerprint density at radius 3 is 2.60 bits per heavy atom. The van der Waals surface area contributed by atoms with Crippen molar-refractivity contribution in [2.24, 2.45) is 4.99 Å². The van der Waals surface area contributed by atoms with Gasteiger partial charge < -0.3 is 10.6 Å². The summed E-state index contributed by atoms with van der Waals surface area (Å²) in [5.41, 5.74) is 0. The topological polar surface area (TPSA) is 36.4 Å². The lowest BCUT2D eigenvalue weighted by Gasteiger charge is -2.16. The largest absolute Gasteiger partial charge is 0.356 e. The third-order valence-corrected chi connectivity index (χ3v) is 3.13. The van der Waals surface area contributed by atoms with Gasteiger partial charge in [0, 0.05) is 25.4 Å². The minimum atomic E-state index is 0. The normalized spacial score (nSPS) is 17.3. The van der Waals surface area contributed by atoms with Crippen LogP contribution in [0.15, 0.2) is 4.99 Å². The molecule has 0 aromatic rings. The molecule has 0 aromatic carbocycles. The highest BCUT2D eigenvalue weighted by Crippen LogP contribution is 2.17. The molecule has 3 nitrogen and oxygen atoms in total. The maximum atomic E-state index is 4.21. The van der Waals surface area contributed by atoms with E-state index in [0.29, 0.717) is 6.04 Å². The first-order valence-electron chi connectivity index (χ1n) is 5.33. The zero-order chi connectivity index (χ0) is 10.2. The van der Waals surface area contributed by atoms with Crippen LogP contribution in [-0.2, 0) is 0 Å². The van der Waals surface area contributed by atoms with E-state index in [9.17, 15) is 0 Å². The second-order valence-corrected chi connectivity index (χ2v) is 4.60. The van der Waals surface area contributed by atoms with Crippen molar-refractivity contribution in [3.8, 4) is 0 Å². The number of thioether (sulfide) groups is 1. The molecule has 0 radical (unpaired) electrons. The van der Waals surface area contributed by atoms with E-state index < -0.39 is 0 Å². The lowest BCUT2D eigenvalue weighted by molar-refractivity contribution is 0.616. The zero-order valence-corrected chi connectivity index (χ0v) is 12.7. The predicted octanol–water partition coefficient (Wildman–Crippen LogP) is 2.07. The van der Waals surface area contributed by atoms with Gasteiger partial charge in [0.05, 0.1) is 0 Å². The first-order valence-corrected chi connectivity index (χ1v) is 6.72. The van der Waals surface area contributed by atoms with Gasteiger partial charge in [-0.1, -0.05) is 12.8 Å². The number of rotatable bonds is 4. The SMILES string of the molecule is CN=C(NCCSC)NC1CCCC1.I. The van der Waals surface area contributed by atoms with Crippen LogP contribution in [0.25, 0.3) is 0 Å². The van der Waals surface area contributed by atoms with Crippen LogP contribution in [0.4, 0.5) is 0 Å². The van der Waals surface area contributed by atoms with E-state index in [-0.39, 0.29) is 24.0 Å². The summed E-state index contributed by atoms with van der Waals surface area (Å²) in [6.45, 7) is 0.994. The highest BCUT2D eigenvalue weighted by molar-refractivity contribution is 14.0. The van der Waals surface area contributed by atoms with Crippen LogP contribution in [-0.4, -0.2) is 37.6 Å². The maximum absolute atomic E-state index is 4.21. The number of halogens is 1. The van der Waals surface area contributed by atoms with Crippen LogP contribution in [0.1, 0.15) is 25.7 Å². The summed E-state index contributed by atoms with van der Waals surface area (Å²) in [5, 5.41) is 6.77. The zero-order valence-electron chi connectivity index (χ0n) is 9.58. The Labute approximate surface area is 114 Å². The fourth-order valence-electron chi connectivity index (χ4n) is 1.73. The van der Waals surface area contributed by atoms with Crippen molar-refractivity contribution in [1.29, 1.82) is 0 Å². The van der Waals surface area contributed by atoms with Crippen molar-refractivity contribution in [2.75, 3.05) is 25.6 Å². The van der Waals surface area contributed by atoms with Crippen molar-refractivity contribution in [1.82, 2.24) is 10.6 Å². The van der Waals surface area contributed by atoms with Crippen molar-refractivity contribution in [2.45, 2.75) is 31.7 Å². The lowest BCUT2D eigenvalue weighted by Crippen LogP contribution is -2.43. The summed E-state index contributed by atoms with van der Waals surface area (Å²) in [7, 11) is 1.84. The molecule has 0 atom stereocenters. The minimum Gasteiger partial charge on any atom is -0.356 e. The van der Waals surface area contributed by atoms with E-state index in [1.54, 1.807) is 0 Å². The second kappa shape index (κ2) is 9.57. The highest BCUT2D eigenvalue weighted by Gasteiger charge is 2.15. The Hall–Kier alpha value is 0.350. The summed E-state index contributed by atoms with van der Waals surface area (Å²) >= 11 is 1.85. The number of guanidine groups is 1. The molecule has 15 heavy (non-hydrogen) atoms. The summed E-state index contributed by atoms with van der Waals surface area (Å²) in [6, 6.07) is 0.649. The van der Waals surface area contributed by atoms with E-state index in [2.05, 4.69) is 21.9 Å². The summed E-state index contributed by atoms with van der Waals surface area (Å²) in [5.74, 6) is 2.09. The van der Waals surface area contributed by atoms with E-state index in [0.717, 1.165) is 18.3 Å². The quantitative estimate of drug-likeness (QED) is 0.355. The van der Waals surface area contributed by atoms with Gasteiger partial charge in [0.25, 0.3) is 0 Å². The fraction of sp³-hybridized carbons (Fsp3) is 0.900. The summed E-state index contributed by atoms with van der Waals surface area (Å²) in [4.78, 5) is 4.21. The molecule has 0 aromatic heterocycles. The van der Waals surface area contributed by atoms with Gasteiger partial charge in [-0.25, -0.2) is 0 Å². The lowest BCUT2D eigenvalue weighted by atomic mass is 10.2. The minimum absolute atomic E-state index is 0. The molecule has 0 spiro atoms. The standard InChI is InChI=1S/C10H21N3S.HI/c1-11-10(12-7-8-14-2)13-9-5-3-4-6-9;/h9H,3-8H2,1-2H3,(H2,11,12,13);1H. The molecule has 2 N–H and O–H groups in total. The van der Waals surface area contributed by atoms with Crippen molar-refractivity contribution >= 4 is 41.7 Å². The third kappa shape index (κ3) is 6.50. The van der Waals surface area contributed by atoms with E-state index in [1.165, 1.54) is 25.7 Å². The smallest absolute Gasteiger partial charge is 0.191 e. The van der Waals surface area contributed by atoms with Crippen LogP contribution in [0, 0.1) is 0 Å². The molecule has 0 unspecified atom stereocenters. The molecule has 1 aliphatic carbocycles. The van der Waals surface area contributed by atoms with E-state index in [1.807, 2.05) is 18.8 Å². The van der Waals surface area contributed by atoms with Gasteiger partial charge in [0.15, 0.2) is 5.96 Å². The second-order valence-electron chi connectivity index (χ2n) is 3.62. The number of aliphatic imine (C=N–C) groups is 1. The van der Waals surface area contributed by atoms with Crippen molar-refractivity contribution < 1.29 is 0 Å².